The maximum absolute atomic E-state index is 10.6. The smallest absolute Gasteiger partial charge is 0.342 e. The minimum absolute atomic E-state index is 0.402. The zero-order valence-electron chi connectivity index (χ0n) is 7.61. The lowest BCUT2D eigenvalue weighted by atomic mass is 10.1. The Labute approximate surface area is 84.4 Å². The van der Waals surface area contributed by atoms with Gasteiger partial charge in [0, 0.05) is 25.5 Å². The van der Waals surface area contributed by atoms with Crippen LogP contribution in [0.2, 0.25) is 0 Å². The van der Waals surface area contributed by atoms with E-state index in [2.05, 4.69) is 22.0 Å². The Morgan fingerprint density at radius 1 is 1.38 bits per heavy atom. The second kappa shape index (κ2) is 6.05. The van der Waals surface area contributed by atoms with Crippen LogP contribution in [-0.4, -0.2) is 30.5 Å². The third kappa shape index (κ3) is 4.33. The normalized spacial score (nSPS) is 19.2. The zero-order valence-corrected chi connectivity index (χ0v) is 8.50. The third-order valence-electron chi connectivity index (χ3n) is 2.16. The first-order valence-corrected chi connectivity index (χ1v) is 4.93. The molecule has 0 atom stereocenters. The van der Waals surface area contributed by atoms with E-state index in [0.717, 1.165) is 19.6 Å². The summed E-state index contributed by atoms with van der Waals surface area (Å²) in [6, 6.07) is 0. The van der Waals surface area contributed by atoms with Crippen LogP contribution in [0, 0.1) is 0 Å². The predicted octanol–water partition coefficient (Wildman–Crippen LogP) is 1.42. The van der Waals surface area contributed by atoms with Crippen molar-refractivity contribution in [1.82, 2.24) is 4.90 Å². The van der Waals surface area contributed by atoms with Gasteiger partial charge in [-0.25, -0.2) is 4.79 Å². The number of thiol groups is 1. The molecule has 0 unspecified atom stereocenters. The van der Waals surface area contributed by atoms with Gasteiger partial charge in [-0.2, -0.15) is 0 Å². The molecule has 74 valence electrons. The monoisotopic (exact) mass is 201 g/mol. The van der Waals surface area contributed by atoms with E-state index >= 15 is 0 Å². The summed E-state index contributed by atoms with van der Waals surface area (Å²) in [6.07, 6.45) is 7.11. The van der Waals surface area contributed by atoms with Crippen molar-refractivity contribution < 1.29 is 8.98 Å². The summed E-state index contributed by atoms with van der Waals surface area (Å²) in [5.41, 5.74) is 0. The summed E-state index contributed by atoms with van der Waals surface area (Å²) >= 11 is 3.40. The van der Waals surface area contributed by atoms with Gasteiger partial charge in [0.25, 0.3) is 0 Å². The molecule has 1 rings (SSSR count). The lowest BCUT2D eigenvalue weighted by Gasteiger charge is -2.24. The molecule has 1 fully saturated rings. The van der Waals surface area contributed by atoms with Crippen LogP contribution in [0.5, 0.6) is 0 Å². The quantitative estimate of drug-likeness (QED) is 0.425. The van der Waals surface area contributed by atoms with Gasteiger partial charge in [-0.3, -0.25) is 4.90 Å². The molecule has 0 aromatic carbocycles. The lowest BCUT2D eigenvalue weighted by Crippen LogP contribution is -2.29. The second-order valence-corrected chi connectivity index (χ2v) is 3.36. The molecule has 0 saturated carbocycles. The zero-order chi connectivity index (χ0) is 9.52. The number of hydrogen-bond acceptors (Lipinski definition) is 4. The van der Waals surface area contributed by atoms with Gasteiger partial charge in [-0.1, -0.05) is 12.5 Å². The molecular formula is C9H15NO2S. The van der Waals surface area contributed by atoms with Gasteiger partial charge in [0.1, 0.15) is 0 Å². The van der Waals surface area contributed by atoms with Crippen LogP contribution in [0.3, 0.4) is 0 Å². The van der Waals surface area contributed by atoms with Crippen LogP contribution in [0.1, 0.15) is 19.3 Å². The van der Waals surface area contributed by atoms with E-state index < -0.39 is 5.97 Å². The highest BCUT2D eigenvalue weighted by atomic mass is 32.1. The van der Waals surface area contributed by atoms with Crippen molar-refractivity contribution in [1.29, 1.82) is 0 Å². The van der Waals surface area contributed by atoms with Crippen molar-refractivity contribution in [3.05, 3.63) is 12.2 Å². The van der Waals surface area contributed by atoms with Gasteiger partial charge in [0.05, 0.1) is 0 Å². The van der Waals surface area contributed by atoms with Crippen LogP contribution in [0.4, 0.5) is 0 Å². The molecule has 3 nitrogen and oxygen atoms in total. The van der Waals surface area contributed by atoms with Crippen molar-refractivity contribution in [2.45, 2.75) is 19.3 Å². The van der Waals surface area contributed by atoms with Gasteiger partial charge in [-0.05, 0) is 25.9 Å². The topological polar surface area (TPSA) is 29.5 Å². The minimum Gasteiger partial charge on any atom is -0.391 e. The van der Waals surface area contributed by atoms with Gasteiger partial charge in [0.2, 0.25) is 0 Å². The summed E-state index contributed by atoms with van der Waals surface area (Å²) < 4.78 is 4.19. The molecule has 1 aliphatic rings. The standard InChI is InChI=1S/C9H15NO2S/c11-9(12-13)5-4-8-10-6-2-1-3-7-10/h4-5,13H,1-3,6-8H2/b5-4+. The van der Waals surface area contributed by atoms with Gasteiger partial charge < -0.3 is 4.18 Å². The Bertz CT molecular complexity index is 188. The second-order valence-electron chi connectivity index (χ2n) is 3.17. The van der Waals surface area contributed by atoms with Crippen LogP contribution < -0.4 is 0 Å². The third-order valence-corrected chi connectivity index (χ3v) is 2.34. The molecule has 0 bridgehead atoms. The number of carbonyl (C=O) groups excluding carboxylic acids is 1. The fourth-order valence-electron chi connectivity index (χ4n) is 1.47. The molecule has 0 aliphatic carbocycles. The van der Waals surface area contributed by atoms with Gasteiger partial charge >= 0.3 is 5.97 Å². The molecule has 13 heavy (non-hydrogen) atoms. The number of rotatable bonds is 3. The van der Waals surface area contributed by atoms with E-state index in [1.165, 1.54) is 25.3 Å². The van der Waals surface area contributed by atoms with Crippen molar-refractivity contribution in [3.63, 3.8) is 0 Å². The Morgan fingerprint density at radius 3 is 2.69 bits per heavy atom. The summed E-state index contributed by atoms with van der Waals surface area (Å²) in [4.78, 5) is 13.0. The van der Waals surface area contributed by atoms with Crippen molar-refractivity contribution in [2.24, 2.45) is 0 Å². The maximum atomic E-state index is 10.6. The Hall–Kier alpha value is -0.480. The Morgan fingerprint density at radius 2 is 2.08 bits per heavy atom. The first-order chi connectivity index (χ1) is 6.33. The summed E-state index contributed by atoms with van der Waals surface area (Å²) in [6.45, 7) is 3.11. The molecule has 0 aromatic rings. The fourth-order valence-corrected chi connectivity index (χ4v) is 1.53. The Kier molecular flexibility index (Phi) is 4.93. The molecule has 0 radical (unpaired) electrons. The van der Waals surface area contributed by atoms with E-state index in [-0.39, 0.29) is 0 Å². The lowest BCUT2D eigenvalue weighted by molar-refractivity contribution is -0.127. The molecule has 1 saturated heterocycles. The summed E-state index contributed by atoms with van der Waals surface area (Å²) in [5, 5.41) is 0. The number of likely N-dealkylation sites (tertiary alicyclic amines) is 1. The largest absolute Gasteiger partial charge is 0.391 e. The number of piperidine rings is 1. The van der Waals surface area contributed by atoms with E-state index in [4.69, 9.17) is 0 Å². The molecule has 0 amide bonds. The maximum Gasteiger partial charge on any atom is 0.342 e. The average molecular weight is 201 g/mol. The molecule has 0 spiro atoms. The minimum atomic E-state index is -0.402. The van der Waals surface area contributed by atoms with Crippen molar-refractivity contribution in [3.8, 4) is 0 Å². The Balaban J connectivity index is 2.16. The molecule has 0 N–H and O–H groups in total. The van der Waals surface area contributed by atoms with Crippen LogP contribution in [0.25, 0.3) is 0 Å². The molecule has 1 heterocycles. The first-order valence-electron chi connectivity index (χ1n) is 4.57. The number of nitrogens with zero attached hydrogens (tertiary/aromatic N) is 1. The van der Waals surface area contributed by atoms with Gasteiger partial charge in [0.15, 0.2) is 0 Å². The number of hydrogen-bond donors (Lipinski definition) is 1. The summed E-state index contributed by atoms with van der Waals surface area (Å²) in [5.74, 6) is -0.402. The van der Waals surface area contributed by atoms with Crippen molar-refractivity contribution in [2.75, 3.05) is 19.6 Å². The van der Waals surface area contributed by atoms with E-state index in [0.29, 0.717) is 0 Å². The average Bonchev–Trinajstić information content (AvgIpc) is 2.19. The predicted molar refractivity (Wildman–Crippen MR) is 54.5 cm³/mol. The molecule has 1 aliphatic heterocycles. The van der Waals surface area contributed by atoms with E-state index in [1.807, 2.05) is 6.08 Å². The van der Waals surface area contributed by atoms with E-state index in [9.17, 15) is 4.79 Å². The van der Waals surface area contributed by atoms with Gasteiger partial charge in [-0.15, -0.1) is 0 Å². The highest BCUT2D eigenvalue weighted by Gasteiger charge is 2.07. The van der Waals surface area contributed by atoms with E-state index in [1.54, 1.807) is 0 Å². The SMILES string of the molecule is O=C(/C=C/CN1CCCCC1)OS. The molecular weight excluding hydrogens is 186 g/mol. The van der Waals surface area contributed by atoms with Crippen molar-refractivity contribution >= 4 is 18.9 Å². The fraction of sp³-hybridized carbons (Fsp3) is 0.667. The van der Waals surface area contributed by atoms with Crippen LogP contribution in [0.15, 0.2) is 12.2 Å². The summed E-state index contributed by atoms with van der Waals surface area (Å²) in [7, 11) is 0. The molecule has 4 heteroatoms. The first kappa shape index (κ1) is 10.6. The highest BCUT2D eigenvalue weighted by Crippen LogP contribution is 2.07. The molecule has 0 aromatic heterocycles. The number of carbonyl (C=O) groups is 1. The highest BCUT2D eigenvalue weighted by molar-refractivity contribution is 7.75. The van der Waals surface area contributed by atoms with Crippen LogP contribution >= 0.6 is 12.9 Å². The van der Waals surface area contributed by atoms with Crippen LogP contribution in [-0.2, 0) is 8.98 Å².